The van der Waals surface area contributed by atoms with E-state index in [-0.39, 0.29) is 17.8 Å². The molecule has 11 heteroatoms. The van der Waals surface area contributed by atoms with E-state index in [1.807, 2.05) is 18.2 Å². The van der Waals surface area contributed by atoms with E-state index in [1.165, 1.54) is 23.5 Å². The number of amides is 2. The fourth-order valence-electron chi connectivity index (χ4n) is 4.38. The predicted molar refractivity (Wildman–Crippen MR) is 146 cm³/mol. The van der Waals surface area contributed by atoms with Crippen molar-refractivity contribution in [2.24, 2.45) is 0 Å². The van der Waals surface area contributed by atoms with Gasteiger partial charge in [-0.25, -0.2) is 14.2 Å². The van der Waals surface area contributed by atoms with Crippen molar-refractivity contribution < 1.29 is 28.2 Å². The Labute approximate surface area is 231 Å². The molecule has 2 amide bonds. The van der Waals surface area contributed by atoms with Crippen LogP contribution in [-0.4, -0.2) is 78.7 Å². The first kappa shape index (κ1) is 28.3. The number of hydrogen-bond acceptors (Lipinski definition) is 8. The Kier molecular flexibility index (Phi) is 9.72. The zero-order valence-electron chi connectivity index (χ0n) is 22.4. The van der Waals surface area contributed by atoms with Gasteiger partial charge in [0.15, 0.2) is 0 Å². The number of ether oxygens (including phenoxy) is 3. The molecule has 0 radical (unpaired) electrons. The van der Waals surface area contributed by atoms with E-state index in [9.17, 15) is 14.0 Å². The van der Waals surface area contributed by atoms with Crippen molar-refractivity contribution in [3.05, 3.63) is 75.5 Å². The minimum Gasteiger partial charge on any atom is -0.497 e. The van der Waals surface area contributed by atoms with Gasteiger partial charge in [-0.2, -0.15) is 0 Å². The summed E-state index contributed by atoms with van der Waals surface area (Å²) in [5.41, 5.74) is 2.31. The molecule has 2 heterocycles. The molecule has 0 unspecified atom stereocenters. The summed E-state index contributed by atoms with van der Waals surface area (Å²) >= 11 is 1.43. The Balaban J connectivity index is 1.46. The molecule has 3 aromatic rings. The molecule has 0 atom stereocenters. The molecular formula is C28H33FN4O5S. The van der Waals surface area contributed by atoms with Crippen LogP contribution in [0.4, 0.5) is 9.18 Å². The lowest BCUT2D eigenvalue weighted by atomic mass is 10.1. The third kappa shape index (κ3) is 7.45. The number of nitrogens with zero attached hydrogens (tertiary/aromatic N) is 4. The number of halogens is 1. The van der Waals surface area contributed by atoms with Crippen LogP contribution in [-0.2, 0) is 24.4 Å². The molecule has 0 N–H and O–H groups in total. The average molecular weight is 557 g/mol. The predicted octanol–water partition coefficient (Wildman–Crippen LogP) is 4.42. The SMILES string of the molecule is CCOC(=O)N1CCN(C(=O)c2csc(CN(Cc3ccc(F)cc3)Cc3ccc(OC)cc3OC)n2)CC1. The zero-order valence-corrected chi connectivity index (χ0v) is 23.2. The van der Waals surface area contributed by atoms with Gasteiger partial charge in [0.2, 0.25) is 0 Å². The minimum atomic E-state index is -0.352. The first-order valence-corrected chi connectivity index (χ1v) is 13.6. The highest BCUT2D eigenvalue weighted by Gasteiger charge is 2.27. The lowest BCUT2D eigenvalue weighted by molar-refractivity contribution is 0.0566. The fraction of sp³-hybridized carbons (Fsp3) is 0.393. The van der Waals surface area contributed by atoms with E-state index in [2.05, 4.69) is 9.88 Å². The van der Waals surface area contributed by atoms with Gasteiger partial charge < -0.3 is 24.0 Å². The summed E-state index contributed by atoms with van der Waals surface area (Å²) in [7, 11) is 3.23. The van der Waals surface area contributed by atoms with Crippen LogP contribution in [0.15, 0.2) is 47.8 Å². The third-order valence-electron chi connectivity index (χ3n) is 6.43. The highest BCUT2D eigenvalue weighted by Crippen LogP contribution is 2.27. The summed E-state index contributed by atoms with van der Waals surface area (Å²) in [6, 6.07) is 12.1. The summed E-state index contributed by atoms with van der Waals surface area (Å²) in [4.78, 5) is 35.2. The van der Waals surface area contributed by atoms with Crippen LogP contribution in [0, 0.1) is 5.82 Å². The largest absolute Gasteiger partial charge is 0.497 e. The summed E-state index contributed by atoms with van der Waals surface area (Å²) in [5, 5.41) is 2.57. The molecule has 1 saturated heterocycles. The van der Waals surface area contributed by atoms with Crippen LogP contribution in [0.1, 0.15) is 33.5 Å². The second-order valence-corrected chi connectivity index (χ2v) is 10.00. The number of aromatic nitrogens is 1. The van der Waals surface area contributed by atoms with Crippen molar-refractivity contribution in [1.82, 2.24) is 19.7 Å². The van der Waals surface area contributed by atoms with Crippen LogP contribution in [0.3, 0.4) is 0 Å². The Hall–Kier alpha value is -3.70. The molecule has 0 aliphatic carbocycles. The maximum atomic E-state index is 13.5. The van der Waals surface area contributed by atoms with E-state index in [1.54, 1.807) is 48.5 Å². The molecule has 9 nitrogen and oxygen atoms in total. The molecular weight excluding hydrogens is 523 g/mol. The van der Waals surface area contributed by atoms with Crippen LogP contribution >= 0.6 is 11.3 Å². The summed E-state index contributed by atoms with van der Waals surface area (Å²) < 4.78 is 29.5. The van der Waals surface area contributed by atoms with E-state index >= 15 is 0 Å². The Bertz CT molecular complexity index is 1260. The summed E-state index contributed by atoms with van der Waals surface area (Å²) in [6.45, 7) is 5.39. The first-order valence-electron chi connectivity index (χ1n) is 12.7. The smallest absolute Gasteiger partial charge is 0.409 e. The number of methoxy groups -OCH3 is 2. The van der Waals surface area contributed by atoms with E-state index in [0.29, 0.717) is 69.6 Å². The first-order chi connectivity index (χ1) is 18.9. The highest BCUT2D eigenvalue weighted by molar-refractivity contribution is 7.09. The lowest BCUT2D eigenvalue weighted by Crippen LogP contribution is -2.50. The molecule has 1 aliphatic heterocycles. The molecule has 1 aromatic heterocycles. The Morgan fingerprint density at radius 3 is 2.36 bits per heavy atom. The van der Waals surface area contributed by atoms with Gasteiger partial charge in [0.1, 0.15) is 28.0 Å². The molecule has 1 aliphatic rings. The topological polar surface area (TPSA) is 84.4 Å². The normalized spacial score (nSPS) is 13.5. The van der Waals surface area contributed by atoms with Crippen molar-refractivity contribution in [2.75, 3.05) is 47.0 Å². The molecule has 1 fully saturated rings. The Morgan fingerprint density at radius 1 is 0.974 bits per heavy atom. The van der Waals surface area contributed by atoms with Crippen LogP contribution < -0.4 is 9.47 Å². The van der Waals surface area contributed by atoms with Gasteiger partial charge in [0.25, 0.3) is 5.91 Å². The molecule has 0 bridgehead atoms. The van der Waals surface area contributed by atoms with Crippen LogP contribution in [0.5, 0.6) is 11.5 Å². The molecule has 4 rings (SSSR count). The number of thiazole rings is 1. The molecule has 2 aromatic carbocycles. The van der Waals surface area contributed by atoms with Crippen LogP contribution in [0.25, 0.3) is 0 Å². The maximum absolute atomic E-state index is 13.5. The minimum absolute atomic E-state index is 0.150. The van der Waals surface area contributed by atoms with E-state index in [4.69, 9.17) is 14.2 Å². The van der Waals surface area contributed by atoms with Crippen molar-refractivity contribution in [3.8, 4) is 11.5 Å². The van der Waals surface area contributed by atoms with Crippen molar-refractivity contribution in [3.63, 3.8) is 0 Å². The summed E-state index contributed by atoms with van der Waals surface area (Å²) in [5.74, 6) is 0.971. The highest BCUT2D eigenvalue weighted by atomic mass is 32.1. The van der Waals surface area contributed by atoms with Gasteiger partial charge in [0, 0.05) is 56.3 Å². The molecule has 0 spiro atoms. The number of rotatable bonds is 10. The number of piperazine rings is 1. The standard InChI is InChI=1S/C28H33FN4O5S/c1-4-38-28(35)33-13-11-32(12-14-33)27(34)24-19-39-26(30-24)18-31(16-20-5-8-22(29)9-6-20)17-21-7-10-23(36-2)15-25(21)37-3/h5-10,15,19H,4,11-14,16-18H2,1-3H3. The third-order valence-corrected chi connectivity index (χ3v) is 7.26. The summed E-state index contributed by atoms with van der Waals surface area (Å²) in [6.07, 6.45) is -0.352. The van der Waals surface area contributed by atoms with Crippen molar-refractivity contribution in [1.29, 1.82) is 0 Å². The fourth-order valence-corrected chi connectivity index (χ4v) is 5.19. The maximum Gasteiger partial charge on any atom is 0.409 e. The van der Waals surface area contributed by atoms with Gasteiger partial charge >= 0.3 is 6.09 Å². The zero-order chi connectivity index (χ0) is 27.8. The van der Waals surface area contributed by atoms with E-state index in [0.717, 1.165) is 16.1 Å². The molecule has 39 heavy (non-hydrogen) atoms. The average Bonchev–Trinajstić information content (AvgIpc) is 3.42. The number of carbonyl (C=O) groups is 2. The quantitative estimate of drug-likeness (QED) is 0.366. The number of carbonyl (C=O) groups excluding carboxylic acids is 2. The van der Waals surface area contributed by atoms with Gasteiger partial charge in [0.05, 0.1) is 27.4 Å². The number of hydrogen-bond donors (Lipinski definition) is 0. The van der Waals surface area contributed by atoms with Gasteiger partial charge in [-0.1, -0.05) is 18.2 Å². The van der Waals surface area contributed by atoms with Gasteiger partial charge in [-0.05, 0) is 30.7 Å². The monoisotopic (exact) mass is 556 g/mol. The van der Waals surface area contributed by atoms with Crippen molar-refractivity contribution >= 4 is 23.3 Å². The number of benzene rings is 2. The van der Waals surface area contributed by atoms with Gasteiger partial charge in [-0.3, -0.25) is 9.69 Å². The van der Waals surface area contributed by atoms with Crippen molar-refractivity contribution in [2.45, 2.75) is 26.6 Å². The second-order valence-electron chi connectivity index (χ2n) is 9.05. The second kappa shape index (κ2) is 13.4. The van der Waals surface area contributed by atoms with E-state index < -0.39 is 0 Å². The lowest BCUT2D eigenvalue weighted by Gasteiger charge is -2.33. The van der Waals surface area contributed by atoms with Crippen LogP contribution in [0.2, 0.25) is 0 Å². The molecule has 208 valence electrons. The van der Waals surface area contributed by atoms with Gasteiger partial charge in [-0.15, -0.1) is 11.3 Å². The molecule has 0 saturated carbocycles. The Morgan fingerprint density at radius 2 is 1.69 bits per heavy atom.